The zero-order valence-corrected chi connectivity index (χ0v) is 35.2. The minimum atomic E-state index is -5.08. The maximum atomic E-state index is 13.8. The number of rotatable bonds is 21. The molecule has 4 aromatic rings. The molecule has 0 unspecified atom stereocenters. The number of benzene rings is 3. The maximum Gasteiger partial charge on any atom is 0.490 e. The first-order valence-corrected chi connectivity index (χ1v) is 20.1. The lowest BCUT2D eigenvalue weighted by Crippen LogP contribution is -2.54. The molecule has 4 rings (SSSR count). The molecule has 1 heterocycles. The van der Waals surface area contributed by atoms with Crippen molar-refractivity contribution in [2.45, 2.75) is 70.3 Å². The van der Waals surface area contributed by atoms with Crippen molar-refractivity contribution >= 4 is 52.4 Å². The molecule has 3 aromatic carbocycles. The van der Waals surface area contributed by atoms with Gasteiger partial charge >= 0.3 is 12.1 Å². The Labute approximate surface area is 366 Å². The highest BCUT2D eigenvalue weighted by Gasteiger charge is 2.38. The topological polar surface area (TPSA) is 277 Å². The van der Waals surface area contributed by atoms with Crippen LogP contribution >= 0.6 is 0 Å². The molecule has 4 atom stereocenters. The first kappa shape index (κ1) is 51.1. The quantitative estimate of drug-likeness (QED) is 0.0195. The molecule has 64 heavy (non-hydrogen) atoms. The van der Waals surface area contributed by atoms with Gasteiger partial charge in [-0.2, -0.15) is 13.2 Å². The number of H-pyrrole nitrogens is 1. The van der Waals surface area contributed by atoms with Gasteiger partial charge in [0.25, 0.3) is 5.91 Å². The Hall–Kier alpha value is -7.25. The van der Waals surface area contributed by atoms with Crippen LogP contribution in [0.1, 0.15) is 54.6 Å². The van der Waals surface area contributed by atoms with E-state index >= 15 is 0 Å². The van der Waals surface area contributed by atoms with Crippen LogP contribution in [0.4, 0.5) is 17.6 Å². The molecule has 0 aliphatic heterocycles. The van der Waals surface area contributed by atoms with Gasteiger partial charge in [0.05, 0.1) is 5.92 Å². The molecule has 0 aliphatic carbocycles. The van der Waals surface area contributed by atoms with Crippen LogP contribution in [0.15, 0.2) is 102 Å². The molecule has 0 fully saturated rings. The average molecular weight is 896 g/mol. The van der Waals surface area contributed by atoms with E-state index in [-0.39, 0.29) is 49.8 Å². The smallest absolute Gasteiger partial charge is 0.475 e. The van der Waals surface area contributed by atoms with Gasteiger partial charge in [-0.1, -0.05) is 74.5 Å². The van der Waals surface area contributed by atoms with Crippen LogP contribution in [0.5, 0.6) is 0 Å². The SMILES string of the molecule is CC(C)C[C@H](/C=C/CNC(=O)[C@H](Cc1ccccc1)NC(=O)c1ccc(F)cc1)C(=O)N[C@@H](CCCN=C(N)N)C(=O)N[C@@H](Cc1c[nH]c2ccccc12)C(N)=O.O=C(O)C(F)(F)F. The molecular weight excluding hydrogens is 843 g/mol. The monoisotopic (exact) mass is 895 g/mol. The number of para-hydroxylation sites is 1. The summed E-state index contributed by atoms with van der Waals surface area (Å²) in [6.07, 6.45) is 1.25. The predicted molar refractivity (Wildman–Crippen MR) is 232 cm³/mol. The lowest BCUT2D eigenvalue weighted by molar-refractivity contribution is -0.192. The van der Waals surface area contributed by atoms with Gasteiger partial charge in [-0.05, 0) is 66.6 Å². The van der Waals surface area contributed by atoms with Crippen LogP contribution in [0.3, 0.4) is 0 Å². The summed E-state index contributed by atoms with van der Waals surface area (Å²) in [6, 6.07) is 18.7. The number of amides is 5. The van der Waals surface area contributed by atoms with E-state index < -0.39 is 71.5 Å². The van der Waals surface area contributed by atoms with E-state index in [0.29, 0.717) is 12.8 Å². The number of hydrogen-bond donors (Lipinski definition) is 9. The van der Waals surface area contributed by atoms with E-state index in [2.05, 4.69) is 31.2 Å². The first-order chi connectivity index (χ1) is 30.2. The van der Waals surface area contributed by atoms with Crippen molar-refractivity contribution in [2.75, 3.05) is 13.1 Å². The van der Waals surface area contributed by atoms with E-state index in [1.54, 1.807) is 18.3 Å². The Morgan fingerprint density at radius 1 is 0.797 bits per heavy atom. The number of carboxylic acid groups (broad SMARTS) is 1. The summed E-state index contributed by atoms with van der Waals surface area (Å²) >= 11 is 0. The zero-order chi connectivity index (χ0) is 47.4. The highest BCUT2D eigenvalue weighted by atomic mass is 19.4. The van der Waals surface area contributed by atoms with Crippen LogP contribution < -0.4 is 38.5 Å². The molecule has 5 amide bonds. The van der Waals surface area contributed by atoms with Crippen molar-refractivity contribution in [2.24, 2.45) is 34.0 Å². The average Bonchev–Trinajstić information content (AvgIpc) is 3.65. The summed E-state index contributed by atoms with van der Waals surface area (Å²) < 4.78 is 45.2. The number of aromatic amines is 1. The first-order valence-electron chi connectivity index (χ1n) is 20.1. The van der Waals surface area contributed by atoms with Gasteiger partial charge in [0.1, 0.15) is 23.9 Å². The van der Waals surface area contributed by atoms with Crippen molar-refractivity contribution in [1.82, 2.24) is 26.3 Å². The minimum Gasteiger partial charge on any atom is -0.475 e. The lowest BCUT2D eigenvalue weighted by Gasteiger charge is -2.24. The Balaban J connectivity index is 0.00000143. The number of alkyl halides is 3. The number of carboxylic acids is 1. The number of nitrogens with two attached hydrogens (primary N) is 3. The largest absolute Gasteiger partial charge is 0.490 e. The number of carbonyl (C=O) groups excluding carboxylic acids is 5. The number of nitrogens with zero attached hydrogens (tertiary/aromatic N) is 1. The third-order valence-electron chi connectivity index (χ3n) is 9.42. The number of aliphatic carboxylic acids is 1. The molecule has 0 saturated heterocycles. The Morgan fingerprint density at radius 3 is 2.03 bits per heavy atom. The Bertz CT molecular complexity index is 2240. The molecule has 0 spiro atoms. The highest BCUT2D eigenvalue weighted by Crippen LogP contribution is 2.20. The van der Waals surface area contributed by atoms with Gasteiger partial charge in [0, 0.05) is 48.6 Å². The number of halogens is 4. The van der Waals surface area contributed by atoms with Crippen molar-refractivity contribution < 1.29 is 51.4 Å². The summed E-state index contributed by atoms with van der Waals surface area (Å²) in [5.74, 6) is -6.72. The third kappa shape index (κ3) is 17.6. The molecule has 12 N–H and O–H groups in total. The van der Waals surface area contributed by atoms with Crippen molar-refractivity contribution in [3.63, 3.8) is 0 Å². The molecule has 344 valence electrons. The van der Waals surface area contributed by atoms with Crippen LogP contribution in [-0.2, 0) is 36.8 Å². The molecule has 20 heteroatoms. The predicted octanol–water partition coefficient (Wildman–Crippen LogP) is 3.37. The number of primary amides is 1. The summed E-state index contributed by atoms with van der Waals surface area (Å²) in [5, 5.41) is 19.1. The van der Waals surface area contributed by atoms with Gasteiger partial charge in [0.15, 0.2) is 5.96 Å². The van der Waals surface area contributed by atoms with Gasteiger partial charge in [-0.15, -0.1) is 0 Å². The molecule has 0 bridgehead atoms. The van der Waals surface area contributed by atoms with Gasteiger partial charge in [-0.25, -0.2) is 9.18 Å². The highest BCUT2D eigenvalue weighted by molar-refractivity contribution is 5.98. The maximum absolute atomic E-state index is 13.8. The van der Waals surface area contributed by atoms with Crippen LogP contribution in [0.25, 0.3) is 10.9 Å². The standard InChI is InChI=1S/C42H52FN9O5.C2HF3O2/c1-26(2)22-29(12-8-20-47-40(56)36(23-27-10-4-3-5-11-27)52-38(54)28-16-18-31(43)19-17-28)39(55)50-34(15-9-21-48-42(45)46)41(57)51-35(37(44)53)24-30-25-49-33-14-7-6-13-32(30)33;3-2(4,5)1(6)7/h3-8,10-14,16-19,25-26,29,34-36,49H,9,15,20-24H2,1-2H3,(H2,44,53)(H,47,56)(H,50,55)(H,51,57)(H,52,54)(H4,45,46,48);(H,6,7)/b12-8+;/t29-,34-,35-,36-;/m0./s1. The second-order valence-corrected chi connectivity index (χ2v) is 15.0. The number of carbonyl (C=O) groups is 6. The number of nitrogens with one attached hydrogen (secondary N) is 5. The summed E-state index contributed by atoms with van der Waals surface area (Å²) in [5.41, 5.74) is 19.4. The molecule has 0 aliphatic rings. The normalized spacial score (nSPS) is 13.1. The van der Waals surface area contributed by atoms with Crippen LogP contribution in [-0.4, -0.2) is 88.9 Å². The van der Waals surface area contributed by atoms with E-state index in [9.17, 15) is 41.5 Å². The van der Waals surface area contributed by atoms with Gasteiger partial charge in [-0.3, -0.25) is 29.0 Å². The fraction of sp³-hybridized carbons (Fsp3) is 0.341. The van der Waals surface area contributed by atoms with Crippen molar-refractivity contribution in [3.8, 4) is 0 Å². The molecule has 0 saturated carbocycles. The van der Waals surface area contributed by atoms with E-state index in [0.717, 1.165) is 22.0 Å². The lowest BCUT2D eigenvalue weighted by atomic mass is 9.95. The van der Waals surface area contributed by atoms with Crippen LogP contribution in [0.2, 0.25) is 0 Å². The number of hydrogen-bond acceptors (Lipinski definition) is 7. The van der Waals surface area contributed by atoms with Crippen LogP contribution in [0, 0.1) is 17.7 Å². The number of aromatic nitrogens is 1. The molecular formula is C44H53F4N9O7. The third-order valence-corrected chi connectivity index (χ3v) is 9.42. The second kappa shape index (κ2) is 25.0. The number of guanidine groups is 1. The van der Waals surface area contributed by atoms with E-state index in [4.69, 9.17) is 27.1 Å². The molecule has 0 radical (unpaired) electrons. The van der Waals surface area contributed by atoms with Gasteiger partial charge < -0.3 is 48.6 Å². The summed E-state index contributed by atoms with van der Waals surface area (Å²) in [4.78, 5) is 82.5. The Morgan fingerprint density at radius 2 is 1.42 bits per heavy atom. The second-order valence-electron chi connectivity index (χ2n) is 15.0. The van der Waals surface area contributed by atoms with Gasteiger partial charge in [0.2, 0.25) is 23.6 Å². The van der Waals surface area contributed by atoms with E-state index in [1.807, 2.05) is 68.4 Å². The fourth-order valence-electron chi connectivity index (χ4n) is 6.26. The summed E-state index contributed by atoms with van der Waals surface area (Å²) in [6.45, 7) is 4.15. The van der Waals surface area contributed by atoms with Crippen molar-refractivity contribution in [1.29, 1.82) is 0 Å². The number of aliphatic imine (C=N–C) groups is 1. The van der Waals surface area contributed by atoms with E-state index in [1.165, 1.54) is 24.3 Å². The van der Waals surface area contributed by atoms with Crippen molar-refractivity contribution in [3.05, 3.63) is 120 Å². The zero-order valence-electron chi connectivity index (χ0n) is 35.2. The summed E-state index contributed by atoms with van der Waals surface area (Å²) in [7, 11) is 0. The number of fused-ring (bicyclic) bond motifs is 1. The molecule has 1 aromatic heterocycles. The minimum absolute atomic E-state index is 0.0367. The Kier molecular flexibility index (Phi) is 20.0. The molecule has 16 nitrogen and oxygen atoms in total. The fourth-order valence-corrected chi connectivity index (χ4v) is 6.26.